The zero-order valence-corrected chi connectivity index (χ0v) is 10.7. The molecule has 0 amide bonds. The topological polar surface area (TPSA) is 37.3 Å². The second kappa shape index (κ2) is 7.10. The molecule has 1 atom stereocenters. The third-order valence-electron chi connectivity index (χ3n) is 3.30. The summed E-state index contributed by atoms with van der Waals surface area (Å²) in [4.78, 5) is 11.3. The van der Waals surface area contributed by atoms with Gasteiger partial charge < -0.3 is 5.11 Å². The van der Waals surface area contributed by atoms with Crippen LogP contribution in [0.1, 0.15) is 51.0 Å². The Balaban J connectivity index is 0.000000686. The molecule has 0 saturated heterocycles. The van der Waals surface area contributed by atoms with Crippen molar-refractivity contribution in [1.82, 2.24) is 0 Å². The van der Waals surface area contributed by atoms with Gasteiger partial charge in [-0.25, -0.2) is 0 Å². The first-order valence-corrected chi connectivity index (χ1v) is 6.57. The largest absolute Gasteiger partial charge is 0.481 e. The zero-order valence-electron chi connectivity index (χ0n) is 10.7. The minimum atomic E-state index is -0.673. The number of hydrogen-bond acceptors (Lipinski definition) is 1. The maximum Gasteiger partial charge on any atom is 0.311 e. The van der Waals surface area contributed by atoms with E-state index in [4.69, 9.17) is 0 Å². The van der Waals surface area contributed by atoms with E-state index < -0.39 is 5.97 Å². The fraction of sp³-hybridized carbons (Fsp3) is 0.533. The Hall–Kier alpha value is -1.31. The Kier molecular flexibility index (Phi) is 5.75. The minimum absolute atomic E-state index is 0.298. The number of hydrogen-bond donors (Lipinski definition) is 1. The highest BCUT2D eigenvalue weighted by Gasteiger charge is 2.31. The number of carboxylic acid groups (broad SMARTS) is 1. The summed E-state index contributed by atoms with van der Waals surface area (Å²) < 4.78 is 0. The summed E-state index contributed by atoms with van der Waals surface area (Å²) in [6.45, 7) is 4.00. The summed E-state index contributed by atoms with van der Waals surface area (Å²) >= 11 is 0. The van der Waals surface area contributed by atoms with E-state index >= 15 is 0 Å². The number of carbonyl (C=O) groups is 1. The molecule has 1 aliphatic carbocycles. The van der Waals surface area contributed by atoms with Crippen molar-refractivity contribution < 1.29 is 9.90 Å². The average molecular weight is 234 g/mol. The molecule has 0 heterocycles. The van der Waals surface area contributed by atoms with Crippen LogP contribution in [0.3, 0.4) is 0 Å². The third-order valence-corrected chi connectivity index (χ3v) is 3.30. The van der Waals surface area contributed by atoms with Crippen LogP contribution in [-0.2, 0) is 4.79 Å². The van der Waals surface area contributed by atoms with Gasteiger partial charge in [0.1, 0.15) is 0 Å². The molecule has 1 N–H and O–H groups in total. The van der Waals surface area contributed by atoms with Gasteiger partial charge in [0.2, 0.25) is 0 Å². The fourth-order valence-electron chi connectivity index (χ4n) is 2.57. The lowest BCUT2D eigenvalue weighted by Gasteiger charge is -2.19. The van der Waals surface area contributed by atoms with Crippen LogP contribution in [-0.4, -0.2) is 11.1 Å². The van der Waals surface area contributed by atoms with Crippen LogP contribution in [0.5, 0.6) is 0 Å². The van der Waals surface area contributed by atoms with Gasteiger partial charge in [-0.15, -0.1) is 0 Å². The first kappa shape index (κ1) is 13.8. The van der Waals surface area contributed by atoms with Crippen molar-refractivity contribution in [3.63, 3.8) is 0 Å². The normalized spacial score (nSPS) is 17.1. The Morgan fingerprint density at radius 2 is 1.71 bits per heavy atom. The second-order valence-electron chi connectivity index (χ2n) is 4.27. The lowest BCUT2D eigenvalue weighted by atomic mass is 9.85. The van der Waals surface area contributed by atoms with Crippen LogP contribution >= 0.6 is 0 Å². The van der Waals surface area contributed by atoms with Gasteiger partial charge >= 0.3 is 5.97 Å². The Labute approximate surface area is 104 Å². The van der Waals surface area contributed by atoms with Crippen molar-refractivity contribution in [2.24, 2.45) is 5.92 Å². The van der Waals surface area contributed by atoms with E-state index in [0.717, 1.165) is 18.4 Å². The van der Waals surface area contributed by atoms with Crippen molar-refractivity contribution in [3.05, 3.63) is 35.9 Å². The molecule has 0 spiro atoms. The maximum absolute atomic E-state index is 11.3. The van der Waals surface area contributed by atoms with Crippen LogP contribution in [0.2, 0.25) is 0 Å². The van der Waals surface area contributed by atoms with E-state index in [1.54, 1.807) is 0 Å². The number of rotatable bonds is 3. The van der Waals surface area contributed by atoms with Gasteiger partial charge in [-0.05, 0) is 24.3 Å². The molecule has 2 nitrogen and oxygen atoms in total. The monoisotopic (exact) mass is 234 g/mol. The molecule has 1 aromatic rings. The standard InChI is InChI=1S/C13H16O2.C2H6/c14-13(15)12(11-8-4-5-9-11)10-6-2-1-3-7-10;1-2/h1-3,6-7,11-12H,4-5,8-9H2,(H,14,15);1-2H3. The van der Waals surface area contributed by atoms with Gasteiger partial charge in [0, 0.05) is 0 Å². The zero-order chi connectivity index (χ0) is 12.7. The van der Waals surface area contributed by atoms with Gasteiger partial charge in [0.25, 0.3) is 0 Å². The molecule has 1 aromatic carbocycles. The number of aliphatic carboxylic acids is 1. The number of benzene rings is 1. The summed E-state index contributed by atoms with van der Waals surface area (Å²) in [7, 11) is 0. The Morgan fingerprint density at radius 1 is 1.18 bits per heavy atom. The smallest absolute Gasteiger partial charge is 0.311 e. The predicted octanol–water partition coefficient (Wildman–Crippen LogP) is 4.07. The van der Waals surface area contributed by atoms with E-state index in [1.165, 1.54) is 12.8 Å². The summed E-state index contributed by atoms with van der Waals surface area (Å²) in [5.74, 6) is -0.633. The van der Waals surface area contributed by atoms with Crippen LogP contribution in [0.15, 0.2) is 30.3 Å². The first-order valence-electron chi connectivity index (χ1n) is 6.57. The maximum atomic E-state index is 11.3. The fourth-order valence-corrected chi connectivity index (χ4v) is 2.57. The van der Waals surface area contributed by atoms with Crippen molar-refractivity contribution in [2.45, 2.75) is 45.4 Å². The van der Waals surface area contributed by atoms with E-state index in [-0.39, 0.29) is 5.92 Å². The summed E-state index contributed by atoms with van der Waals surface area (Å²) in [5.41, 5.74) is 0.955. The molecule has 1 fully saturated rings. The van der Waals surface area contributed by atoms with Crippen LogP contribution in [0, 0.1) is 5.92 Å². The molecular weight excluding hydrogens is 212 g/mol. The Morgan fingerprint density at radius 3 is 2.18 bits per heavy atom. The molecule has 1 unspecified atom stereocenters. The minimum Gasteiger partial charge on any atom is -0.481 e. The molecule has 0 radical (unpaired) electrons. The van der Waals surface area contributed by atoms with Crippen molar-refractivity contribution in [3.8, 4) is 0 Å². The number of carboxylic acids is 1. The summed E-state index contributed by atoms with van der Waals surface area (Å²) in [6, 6.07) is 9.62. The molecule has 1 saturated carbocycles. The van der Waals surface area contributed by atoms with E-state index in [2.05, 4.69) is 0 Å². The van der Waals surface area contributed by atoms with Crippen molar-refractivity contribution in [2.75, 3.05) is 0 Å². The third kappa shape index (κ3) is 3.58. The first-order chi connectivity index (χ1) is 8.29. The van der Waals surface area contributed by atoms with Gasteiger partial charge in [-0.3, -0.25) is 4.79 Å². The van der Waals surface area contributed by atoms with E-state index in [1.807, 2.05) is 44.2 Å². The van der Waals surface area contributed by atoms with Crippen molar-refractivity contribution >= 4 is 5.97 Å². The highest BCUT2D eigenvalue weighted by molar-refractivity contribution is 5.76. The lowest BCUT2D eigenvalue weighted by Crippen LogP contribution is -2.19. The molecule has 94 valence electrons. The van der Waals surface area contributed by atoms with Crippen molar-refractivity contribution in [1.29, 1.82) is 0 Å². The molecule has 2 heteroatoms. The van der Waals surface area contributed by atoms with Crippen LogP contribution in [0.4, 0.5) is 0 Å². The molecule has 1 aliphatic rings. The van der Waals surface area contributed by atoms with E-state index in [0.29, 0.717) is 5.92 Å². The SMILES string of the molecule is CC.O=C(O)C(c1ccccc1)C1CCCC1. The van der Waals surface area contributed by atoms with Gasteiger partial charge in [-0.2, -0.15) is 0 Å². The molecular formula is C15H22O2. The molecule has 2 rings (SSSR count). The summed E-state index contributed by atoms with van der Waals surface area (Å²) in [6.07, 6.45) is 4.49. The summed E-state index contributed by atoms with van der Waals surface area (Å²) in [5, 5.41) is 9.29. The molecule has 0 bridgehead atoms. The van der Waals surface area contributed by atoms with Gasteiger partial charge in [-0.1, -0.05) is 57.0 Å². The average Bonchev–Trinajstić information content (AvgIpc) is 2.86. The highest BCUT2D eigenvalue weighted by Crippen LogP contribution is 2.37. The van der Waals surface area contributed by atoms with Crippen LogP contribution < -0.4 is 0 Å². The quantitative estimate of drug-likeness (QED) is 0.856. The highest BCUT2D eigenvalue weighted by atomic mass is 16.4. The van der Waals surface area contributed by atoms with Gasteiger partial charge in [0.15, 0.2) is 0 Å². The lowest BCUT2D eigenvalue weighted by molar-refractivity contribution is -0.140. The molecule has 17 heavy (non-hydrogen) atoms. The predicted molar refractivity (Wildman–Crippen MR) is 70.1 cm³/mol. The molecule has 0 aliphatic heterocycles. The van der Waals surface area contributed by atoms with E-state index in [9.17, 15) is 9.90 Å². The van der Waals surface area contributed by atoms with Gasteiger partial charge in [0.05, 0.1) is 5.92 Å². The Bertz CT molecular complexity index is 326. The van der Waals surface area contributed by atoms with Crippen LogP contribution in [0.25, 0.3) is 0 Å². The second-order valence-corrected chi connectivity index (χ2v) is 4.27. The molecule has 0 aromatic heterocycles.